The van der Waals surface area contributed by atoms with E-state index in [1.807, 2.05) is 31.2 Å². The summed E-state index contributed by atoms with van der Waals surface area (Å²) in [6.07, 6.45) is -0.302. The van der Waals surface area contributed by atoms with Crippen LogP contribution >= 0.6 is 0 Å². The molecule has 0 saturated carbocycles. The second-order valence-electron chi connectivity index (χ2n) is 7.14. The highest BCUT2D eigenvalue weighted by Gasteiger charge is 2.27. The van der Waals surface area contributed by atoms with E-state index >= 15 is 0 Å². The maximum absolute atomic E-state index is 12.7. The Morgan fingerprint density at radius 1 is 1.30 bits per heavy atom. The number of methoxy groups -OCH3 is 1. The van der Waals surface area contributed by atoms with Crippen molar-refractivity contribution < 1.29 is 28.3 Å². The second-order valence-corrected chi connectivity index (χ2v) is 7.14. The molecular formula is C21H27N3O6. The summed E-state index contributed by atoms with van der Waals surface area (Å²) in [5.74, 6) is 0.761. The smallest absolute Gasteiger partial charge is 0.273 e. The molecule has 1 aliphatic heterocycles. The summed E-state index contributed by atoms with van der Waals surface area (Å²) < 4.78 is 21.5. The zero-order valence-corrected chi connectivity index (χ0v) is 17.5. The van der Waals surface area contributed by atoms with Crippen LogP contribution in [0.15, 0.2) is 28.8 Å². The predicted molar refractivity (Wildman–Crippen MR) is 107 cm³/mol. The number of ether oxygens (including phenoxy) is 3. The fourth-order valence-electron chi connectivity index (χ4n) is 3.04. The molecule has 1 aromatic heterocycles. The molecule has 9 heteroatoms. The lowest BCUT2D eigenvalue weighted by molar-refractivity contribution is -0.149. The van der Waals surface area contributed by atoms with Gasteiger partial charge in [-0.15, -0.1) is 0 Å². The van der Waals surface area contributed by atoms with Crippen LogP contribution in [0.2, 0.25) is 0 Å². The van der Waals surface area contributed by atoms with Crippen molar-refractivity contribution in [2.24, 2.45) is 0 Å². The Morgan fingerprint density at radius 2 is 2.07 bits per heavy atom. The van der Waals surface area contributed by atoms with Gasteiger partial charge >= 0.3 is 0 Å². The zero-order chi connectivity index (χ0) is 21.5. The van der Waals surface area contributed by atoms with Gasteiger partial charge in [0.05, 0.1) is 18.3 Å². The maximum atomic E-state index is 12.7. The zero-order valence-electron chi connectivity index (χ0n) is 17.5. The summed E-state index contributed by atoms with van der Waals surface area (Å²) in [6, 6.07) is 7.65. The number of amides is 2. The third-order valence-electron chi connectivity index (χ3n) is 4.88. The minimum Gasteiger partial charge on any atom is -0.489 e. The lowest BCUT2D eigenvalue weighted by Gasteiger charge is -2.32. The van der Waals surface area contributed by atoms with Gasteiger partial charge in [0.1, 0.15) is 24.7 Å². The number of aromatic nitrogens is 1. The van der Waals surface area contributed by atoms with Crippen LogP contribution in [-0.4, -0.2) is 67.9 Å². The van der Waals surface area contributed by atoms with E-state index in [1.165, 1.54) is 0 Å². The number of morpholine rings is 1. The Bertz CT molecular complexity index is 864. The van der Waals surface area contributed by atoms with Crippen molar-refractivity contribution in [3.05, 3.63) is 46.8 Å². The molecule has 1 saturated heterocycles. The number of aryl methyl sites for hydroxylation is 2. The summed E-state index contributed by atoms with van der Waals surface area (Å²) in [7, 11) is 1.59. The normalized spacial score (nSPS) is 16.6. The van der Waals surface area contributed by atoms with Crippen molar-refractivity contribution in [1.29, 1.82) is 0 Å². The van der Waals surface area contributed by atoms with Gasteiger partial charge in [-0.25, -0.2) is 0 Å². The Labute approximate surface area is 175 Å². The number of hydrogen-bond acceptors (Lipinski definition) is 7. The van der Waals surface area contributed by atoms with Crippen molar-refractivity contribution in [3.8, 4) is 5.75 Å². The summed E-state index contributed by atoms with van der Waals surface area (Å²) in [6.45, 7) is 5.48. The molecular weight excluding hydrogens is 390 g/mol. The van der Waals surface area contributed by atoms with E-state index in [2.05, 4.69) is 10.5 Å². The molecule has 9 nitrogen and oxygen atoms in total. The summed E-state index contributed by atoms with van der Waals surface area (Å²) in [4.78, 5) is 26.2. The van der Waals surface area contributed by atoms with Crippen molar-refractivity contribution in [2.75, 3.05) is 40.0 Å². The molecule has 0 bridgehead atoms. The fraction of sp³-hybridized carbons (Fsp3) is 0.476. The van der Waals surface area contributed by atoms with Gasteiger partial charge in [0.2, 0.25) is 5.91 Å². The van der Waals surface area contributed by atoms with Gasteiger partial charge in [-0.1, -0.05) is 22.9 Å². The van der Waals surface area contributed by atoms with Crippen LogP contribution in [0, 0.1) is 13.8 Å². The number of hydrogen-bond donors (Lipinski definition) is 1. The van der Waals surface area contributed by atoms with Crippen LogP contribution in [-0.2, 0) is 20.9 Å². The first-order valence-corrected chi connectivity index (χ1v) is 9.79. The van der Waals surface area contributed by atoms with Gasteiger partial charge < -0.3 is 29.0 Å². The molecule has 3 rings (SSSR count). The van der Waals surface area contributed by atoms with E-state index in [0.29, 0.717) is 36.8 Å². The van der Waals surface area contributed by atoms with E-state index in [-0.39, 0.29) is 43.4 Å². The topological polar surface area (TPSA) is 103 Å². The number of rotatable bonds is 9. The highest BCUT2D eigenvalue weighted by molar-refractivity contribution is 5.93. The van der Waals surface area contributed by atoms with E-state index in [4.69, 9.17) is 18.7 Å². The third-order valence-corrected chi connectivity index (χ3v) is 4.88. The summed E-state index contributed by atoms with van der Waals surface area (Å²) >= 11 is 0. The molecule has 1 N–H and O–H groups in total. The number of nitrogens with one attached hydrogen (secondary N) is 1. The quantitative estimate of drug-likeness (QED) is 0.659. The van der Waals surface area contributed by atoms with E-state index in [0.717, 1.165) is 5.56 Å². The second kappa shape index (κ2) is 10.2. The lowest BCUT2D eigenvalue weighted by Crippen LogP contribution is -2.51. The minimum atomic E-state index is -0.377. The first-order valence-electron chi connectivity index (χ1n) is 9.79. The molecule has 2 amide bonds. The molecule has 162 valence electrons. The average Bonchev–Trinajstić information content (AvgIpc) is 3.12. The number of benzene rings is 1. The molecule has 1 fully saturated rings. The van der Waals surface area contributed by atoms with Crippen LogP contribution < -0.4 is 10.1 Å². The van der Waals surface area contributed by atoms with Gasteiger partial charge in [-0.05, 0) is 26.0 Å². The van der Waals surface area contributed by atoms with Crippen LogP contribution in [0.25, 0.3) is 0 Å². The van der Waals surface area contributed by atoms with E-state index < -0.39 is 0 Å². The highest BCUT2D eigenvalue weighted by Crippen LogP contribution is 2.18. The average molecular weight is 417 g/mol. The van der Waals surface area contributed by atoms with Crippen LogP contribution in [0.3, 0.4) is 0 Å². The third kappa shape index (κ3) is 5.58. The molecule has 1 aromatic carbocycles. The van der Waals surface area contributed by atoms with Gasteiger partial charge in [-0.3, -0.25) is 9.59 Å². The van der Waals surface area contributed by atoms with E-state index in [1.54, 1.807) is 18.9 Å². The van der Waals surface area contributed by atoms with Gasteiger partial charge in [-0.2, -0.15) is 0 Å². The highest BCUT2D eigenvalue weighted by atomic mass is 16.5. The van der Waals surface area contributed by atoms with Gasteiger partial charge in [0.25, 0.3) is 5.91 Å². The Hall–Kier alpha value is -2.91. The molecule has 0 spiro atoms. The fourth-order valence-corrected chi connectivity index (χ4v) is 3.04. The minimum absolute atomic E-state index is 0.0110. The van der Waals surface area contributed by atoms with Crippen molar-refractivity contribution in [3.63, 3.8) is 0 Å². The molecule has 1 unspecified atom stereocenters. The molecule has 0 aliphatic carbocycles. The van der Waals surface area contributed by atoms with Crippen molar-refractivity contribution in [2.45, 2.75) is 26.6 Å². The number of nitrogens with zero attached hydrogens (tertiary/aromatic N) is 2. The van der Waals surface area contributed by atoms with Crippen LogP contribution in [0.1, 0.15) is 27.4 Å². The largest absolute Gasteiger partial charge is 0.489 e. The Balaban J connectivity index is 1.55. The maximum Gasteiger partial charge on any atom is 0.273 e. The Morgan fingerprint density at radius 3 is 2.80 bits per heavy atom. The van der Waals surface area contributed by atoms with Crippen molar-refractivity contribution in [1.82, 2.24) is 15.4 Å². The molecule has 2 aromatic rings. The lowest BCUT2D eigenvalue weighted by atomic mass is 10.2. The summed E-state index contributed by atoms with van der Waals surface area (Å²) in [5, 5.41) is 6.69. The first kappa shape index (κ1) is 21.8. The Kier molecular flexibility index (Phi) is 7.42. The SMILES string of the molecule is COCCN1CC(CNC(=O)c2noc(C)c2COc2ccc(C)cc2)OCC1=O. The molecule has 1 atom stereocenters. The van der Waals surface area contributed by atoms with Gasteiger partial charge in [0, 0.05) is 26.7 Å². The molecule has 30 heavy (non-hydrogen) atoms. The first-order chi connectivity index (χ1) is 14.5. The molecule has 0 radical (unpaired) electrons. The standard InChI is InChI=1S/C21H27N3O6/c1-14-4-6-16(7-5-14)28-12-18-15(2)30-23-20(18)21(26)22-10-17-11-24(8-9-27-3)19(25)13-29-17/h4-7,17H,8-13H2,1-3H3,(H,22,26). The molecule has 2 heterocycles. The van der Waals surface area contributed by atoms with Crippen molar-refractivity contribution >= 4 is 11.8 Å². The predicted octanol–water partition coefficient (Wildman–Crippen LogP) is 1.47. The van der Waals surface area contributed by atoms with Gasteiger partial charge in [0.15, 0.2) is 5.69 Å². The van der Waals surface area contributed by atoms with Crippen LogP contribution in [0.5, 0.6) is 5.75 Å². The number of carbonyl (C=O) groups is 2. The summed E-state index contributed by atoms with van der Waals surface area (Å²) in [5.41, 5.74) is 1.91. The van der Waals surface area contributed by atoms with E-state index in [9.17, 15) is 9.59 Å². The monoisotopic (exact) mass is 417 g/mol. The van der Waals surface area contributed by atoms with Crippen LogP contribution in [0.4, 0.5) is 0 Å². The number of carbonyl (C=O) groups excluding carboxylic acids is 2. The molecule has 1 aliphatic rings.